The molecule has 20 heavy (non-hydrogen) atoms. The SMILES string of the molecule is CSc1cccc(N(C)C(=N)NC(=O)c2cccs2)c1. The molecule has 1 aromatic heterocycles. The first-order chi connectivity index (χ1) is 9.61. The summed E-state index contributed by atoms with van der Waals surface area (Å²) in [6.45, 7) is 0. The van der Waals surface area contributed by atoms with Crippen molar-refractivity contribution in [3.63, 3.8) is 0 Å². The van der Waals surface area contributed by atoms with Crippen LogP contribution in [0.4, 0.5) is 5.69 Å². The Morgan fingerprint density at radius 1 is 1.35 bits per heavy atom. The van der Waals surface area contributed by atoms with Crippen LogP contribution in [0.15, 0.2) is 46.7 Å². The number of anilines is 1. The molecule has 0 radical (unpaired) electrons. The lowest BCUT2D eigenvalue weighted by molar-refractivity contribution is 0.0980. The number of carbonyl (C=O) groups is 1. The monoisotopic (exact) mass is 305 g/mol. The van der Waals surface area contributed by atoms with Gasteiger partial charge in [-0.05, 0) is 35.9 Å². The summed E-state index contributed by atoms with van der Waals surface area (Å²) in [6.07, 6.45) is 2.00. The van der Waals surface area contributed by atoms with Gasteiger partial charge in [-0.2, -0.15) is 0 Å². The third kappa shape index (κ3) is 3.40. The molecule has 2 aromatic rings. The summed E-state index contributed by atoms with van der Waals surface area (Å²) >= 11 is 3.00. The van der Waals surface area contributed by atoms with E-state index >= 15 is 0 Å². The van der Waals surface area contributed by atoms with Crippen LogP contribution in [0.5, 0.6) is 0 Å². The Morgan fingerprint density at radius 3 is 2.80 bits per heavy atom. The number of nitrogens with one attached hydrogen (secondary N) is 2. The normalized spacial score (nSPS) is 10.1. The second-order valence-corrected chi connectivity index (χ2v) is 5.87. The standard InChI is InChI=1S/C14H15N3OS2/c1-17(10-5-3-6-11(9-10)19-2)14(15)16-13(18)12-7-4-8-20-12/h3-9H,1-2H3,(H2,15,16,18). The molecule has 4 nitrogen and oxygen atoms in total. The van der Waals surface area contributed by atoms with Gasteiger partial charge in [0.1, 0.15) is 0 Å². The highest BCUT2D eigenvalue weighted by Gasteiger charge is 2.13. The van der Waals surface area contributed by atoms with Crippen molar-refractivity contribution in [1.29, 1.82) is 5.41 Å². The maximum absolute atomic E-state index is 11.9. The van der Waals surface area contributed by atoms with E-state index in [1.54, 1.807) is 29.8 Å². The Kier molecular flexibility index (Phi) is 4.81. The van der Waals surface area contributed by atoms with E-state index in [0.717, 1.165) is 10.6 Å². The fourth-order valence-corrected chi connectivity index (χ4v) is 2.68. The lowest BCUT2D eigenvalue weighted by atomic mass is 10.3. The third-order valence-corrected chi connectivity index (χ3v) is 4.35. The average Bonchev–Trinajstić information content (AvgIpc) is 3.00. The number of nitrogens with zero attached hydrogens (tertiary/aromatic N) is 1. The predicted molar refractivity (Wildman–Crippen MR) is 86.1 cm³/mol. The summed E-state index contributed by atoms with van der Waals surface area (Å²) in [6, 6.07) is 11.4. The van der Waals surface area contributed by atoms with E-state index in [0.29, 0.717) is 4.88 Å². The molecule has 0 bridgehead atoms. The molecule has 104 valence electrons. The number of hydrogen-bond donors (Lipinski definition) is 2. The number of thiophene rings is 1. The number of thioether (sulfide) groups is 1. The zero-order valence-electron chi connectivity index (χ0n) is 11.2. The first-order valence-electron chi connectivity index (χ1n) is 5.93. The second kappa shape index (κ2) is 6.58. The molecule has 2 N–H and O–H groups in total. The van der Waals surface area contributed by atoms with Gasteiger partial charge in [0.2, 0.25) is 5.96 Å². The van der Waals surface area contributed by atoms with Crippen molar-refractivity contribution in [1.82, 2.24) is 5.32 Å². The number of hydrogen-bond acceptors (Lipinski definition) is 4. The molecular formula is C14H15N3OS2. The Bertz CT molecular complexity index is 611. The van der Waals surface area contributed by atoms with Crippen LogP contribution in [0.3, 0.4) is 0 Å². The second-order valence-electron chi connectivity index (χ2n) is 4.04. The summed E-state index contributed by atoms with van der Waals surface area (Å²) in [4.78, 5) is 15.3. The van der Waals surface area contributed by atoms with Crippen molar-refractivity contribution in [2.45, 2.75) is 4.90 Å². The van der Waals surface area contributed by atoms with Crippen molar-refractivity contribution in [2.24, 2.45) is 0 Å². The molecule has 1 amide bonds. The molecule has 0 saturated heterocycles. The van der Waals surface area contributed by atoms with E-state index in [9.17, 15) is 4.79 Å². The van der Waals surface area contributed by atoms with E-state index in [1.165, 1.54) is 11.3 Å². The maximum atomic E-state index is 11.9. The van der Waals surface area contributed by atoms with Gasteiger partial charge in [-0.1, -0.05) is 12.1 Å². The van der Waals surface area contributed by atoms with E-state index in [2.05, 4.69) is 5.32 Å². The van der Waals surface area contributed by atoms with Crippen LogP contribution >= 0.6 is 23.1 Å². The number of amides is 1. The highest BCUT2D eigenvalue weighted by atomic mass is 32.2. The molecule has 0 aliphatic carbocycles. The minimum atomic E-state index is -0.252. The molecule has 0 aliphatic heterocycles. The summed E-state index contributed by atoms with van der Waals surface area (Å²) in [5.74, 6) is -0.195. The zero-order chi connectivity index (χ0) is 14.5. The third-order valence-electron chi connectivity index (χ3n) is 2.75. The zero-order valence-corrected chi connectivity index (χ0v) is 12.8. The molecule has 6 heteroatoms. The van der Waals surface area contributed by atoms with E-state index in [1.807, 2.05) is 42.0 Å². The largest absolute Gasteiger partial charge is 0.316 e. The Hall–Kier alpha value is -1.79. The first-order valence-corrected chi connectivity index (χ1v) is 8.03. The fourth-order valence-electron chi connectivity index (χ4n) is 1.61. The highest BCUT2D eigenvalue weighted by molar-refractivity contribution is 7.98. The van der Waals surface area contributed by atoms with Gasteiger partial charge in [0, 0.05) is 17.6 Å². The van der Waals surface area contributed by atoms with Crippen LogP contribution in [0, 0.1) is 5.41 Å². The van der Waals surface area contributed by atoms with E-state index in [4.69, 9.17) is 5.41 Å². The van der Waals surface area contributed by atoms with Gasteiger partial charge >= 0.3 is 0 Å². The van der Waals surface area contributed by atoms with Crippen LogP contribution in [-0.4, -0.2) is 25.2 Å². The van der Waals surface area contributed by atoms with Gasteiger partial charge in [-0.3, -0.25) is 15.5 Å². The number of guanidine groups is 1. The average molecular weight is 305 g/mol. The molecule has 1 aromatic carbocycles. The summed E-state index contributed by atoms with van der Waals surface area (Å²) in [7, 11) is 1.76. The molecule has 0 spiro atoms. The van der Waals surface area contributed by atoms with Crippen molar-refractivity contribution in [3.05, 3.63) is 46.7 Å². The van der Waals surface area contributed by atoms with Crippen LogP contribution < -0.4 is 10.2 Å². The lowest BCUT2D eigenvalue weighted by Gasteiger charge is -2.20. The minimum absolute atomic E-state index is 0.0571. The molecule has 1 heterocycles. The molecule has 0 atom stereocenters. The predicted octanol–water partition coefficient (Wildman–Crippen LogP) is 3.27. The van der Waals surface area contributed by atoms with Crippen molar-refractivity contribution < 1.29 is 4.79 Å². The Labute approximate surface area is 126 Å². The Morgan fingerprint density at radius 2 is 2.15 bits per heavy atom. The Balaban J connectivity index is 2.06. The number of carbonyl (C=O) groups excluding carboxylic acids is 1. The smallest absolute Gasteiger partial charge is 0.268 e. The topological polar surface area (TPSA) is 56.2 Å². The number of rotatable bonds is 3. The van der Waals surface area contributed by atoms with Gasteiger partial charge in [0.05, 0.1) is 4.88 Å². The van der Waals surface area contributed by atoms with Crippen molar-refractivity contribution in [3.8, 4) is 0 Å². The lowest BCUT2D eigenvalue weighted by Crippen LogP contribution is -2.41. The maximum Gasteiger partial charge on any atom is 0.268 e. The van der Waals surface area contributed by atoms with E-state index < -0.39 is 0 Å². The number of benzene rings is 1. The molecule has 0 fully saturated rings. The molecular weight excluding hydrogens is 290 g/mol. The van der Waals surface area contributed by atoms with Crippen molar-refractivity contribution in [2.75, 3.05) is 18.2 Å². The molecule has 0 aliphatic rings. The molecule has 0 saturated carbocycles. The van der Waals surface area contributed by atoms with Gasteiger partial charge in [-0.15, -0.1) is 23.1 Å². The quantitative estimate of drug-likeness (QED) is 0.520. The van der Waals surface area contributed by atoms with Crippen molar-refractivity contribution >= 4 is 40.7 Å². The summed E-state index contributed by atoms with van der Waals surface area (Å²) < 4.78 is 0. The summed E-state index contributed by atoms with van der Waals surface area (Å²) in [5.41, 5.74) is 0.869. The van der Waals surface area contributed by atoms with Crippen LogP contribution in [-0.2, 0) is 0 Å². The molecule has 0 unspecified atom stereocenters. The van der Waals surface area contributed by atoms with Gasteiger partial charge in [0.25, 0.3) is 5.91 Å². The van der Waals surface area contributed by atoms with E-state index in [-0.39, 0.29) is 11.9 Å². The van der Waals surface area contributed by atoms with Crippen LogP contribution in [0.1, 0.15) is 9.67 Å². The van der Waals surface area contributed by atoms with Crippen LogP contribution in [0.25, 0.3) is 0 Å². The van der Waals surface area contributed by atoms with Gasteiger partial charge in [0.15, 0.2) is 0 Å². The van der Waals surface area contributed by atoms with Gasteiger partial charge in [-0.25, -0.2) is 0 Å². The first kappa shape index (κ1) is 14.6. The highest BCUT2D eigenvalue weighted by Crippen LogP contribution is 2.21. The van der Waals surface area contributed by atoms with Gasteiger partial charge < -0.3 is 4.90 Å². The molecule has 2 rings (SSSR count). The fraction of sp³-hybridized carbons (Fsp3) is 0.143. The summed E-state index contributed by atoms with van der Waals surface area (Å²) in [5, 5.41) is 12.4. The van der Waals surface area contributed by atoms with Crippen LogP contribution in [0.2, 0.25) is 0 Å². The minimum Gasteiger partial charge on any atom is -0.316 e.